The number of carbonyl (C=O) groups excluding carboxylic acids is 1. The number of ether oxygens (including phenoxy) is 1. The zero-order valence-electron chi connectivity index (χ0n) is 20.4. The van der Waals surface area contributed by atoms with Gasteiger partial charge < -0.3 is 4.74 Å². The summed E-state index contributed by atoms with van der Waals surface area (Å²) in [7, 11) is 0. The molecule has 0 radical (unpaired) electrons. The van der Waals surface area contributed by atoms with Gasteiger partial charge in [0, 0.05) is 5.75 Å². The van der Waals surface area contributed by atoms with Crippen LogP contribution in [0, 0.1) is 0 Å². The van der Waals surface area contributed by atoms with Gasteiger partial charge in [-0.05, 0) is 6.42 Å². The predicted molar refractivity (Wildman–Crippen MR) is 137 cm³/mol. The number of rotatable bonds is 25. The molecule has 0 saturated heterocycles. The molecule has 2 nitrogen and oxygen atoms in total. The van der Waals surface area contributed by atoms with E-state index in [9.17, 15) is 4.79 Å². The molecule has 3 heteroatoms. The van der Waals surface area contributed by atoms with Crippen molar-refractivity contribution in [2.24, 2.45) is 0 Å². The fourth-order valence-electron chi connectivity index (χ4n) is 4.06. The van der Waals surface area contributed by atoms with Crippen LogP contribution in [0.1, 0.15) is 155 Å². The van der Waals surface area contributed by atoms with Crippen LogP contribution in [0.5, 0.6) is 0 Å². The van der Waals surface area contributed by atoms with Gasteiger partial charge in [-0.1, -0.05) is 142 Å². The smallest absolute Gasteiger partial charge is 0.306 e. The number of unbranched alkanes of at least 4 members (excludes halogenated alkanes) is 21. The minimum atomic E-state index is -0.103. The molecular weight excluding hydrogens is 388 g/mol. The van der Waals surface area contributed by atoms with Crippen molar-refractivity contribution in [1.82, 2.24) is 0 Å². The summed E-state index contributed by atoms with van der Waals surface area (Å²) in [6.45, 7) is 2.88. The molecule has 180 valence electrons. The van der Waals surface area contributed by atoms with E-state index in [4.69, 9.17) is 4.74 Å². The van der Waals surface area contributed by atoms with Crippen LogP contribution in [0.25, 0.3) is 0 Å². The zero-order valence-corrected chi connectivity index (χ0v) is 21.3. The Kier molecular flexibility index (Phi) is 26.7. The number of esters is 1. The van der Waals surface area contributed by atoms with Crippen molar-refractivity contribution in [1.29, 1.82) is 0 Å². The molecule has 0 aromatic rings. The lowest BCUT2D eigenvalue weighted by molar-refractivity contribution is -0.143. The maximum Gasteiger partial charge on any atom is 0.306 e. The fourth-order valence-corrected chi connectivity index (χ4v) is 4.24. The lowest BCUT2D eigenvalue weighted by atomic mass is 10.0. The highest BCUT2D eigenvalue weighted by Gasteiger charge is 2.00. The SMILES string of the molecule is CCCCCCCCCCCCCCCCCCCCCCCCOC(=O)CCS. The monoisotopic (exact) mass is 442 g/mol. The lowest BCUT2D eigenvalue weighted by Crippen LogP contribution is -2.06. The molecule has 0 saturated carbocycles. The third-order valence-electron chi connectivity index (χ3n) is 6.08. The van der Waals surface area contributed by atoms with E-state index in [0.29, 0.717) is 18.8 Å². The van der Waals surface area contributed by atoms with Gasteiger partial charge in [-0.3, -0.25) is 4.79 Å². The topological polar surface area (TPSA) is 26.3 Å². The van der Waals surface area contributed by atoms with Gasteiger partial charge in [0.2, 0.25) is 0 Å². The van der Waals surface area contributed by atoms with E-state index < -0.39 is 0 Å². The molecule has 0 atom stereocenters. The van der Waals surface area contributed by atoms with Crippen molar-refractivity contribution in [2.45, 2.75) is 155 Å². The molecule has 0 aliphatic carbocycles. The molecule has 0 spiro atoms. The third-order valence-corrected chi connectivity index (χ3v) is 6.30. The van der Waals surface area contributed by atoms with Crippen molar-refractivity contribution in [3.63, 3.8) is 0 Å². The summed E-state index contributed by atoms with van der Waals surface area (Å²) in [6, 6.07) is 0. The number of hydrogen-bond acceptors (Lipinski definition) is 3. The van der Waals surface area contributed by atoms with E-state index in [1.54, 1.807) is 0 Å². The maximum absolute atomic E-state index is 11.2. The van der Waals surface area contributed by atoms with Crippen LogP contribution < -0.4 is 0 Å². The highest BCUT2D eigenvalue weighted by Crippen LogP contribution is 2.15. The minimum absolute atomic E-state index is 0.103. The first-order valence-corrected chi connectivity index (χ1v) is 14.2. The molecule has 0 N–H and O–H groups in total. The fraction of sp³-hybridized carbons (Fsp3) is 0.963. The van der Waals surface area contributed by atoms with Crippen molar-refractivity contribution >= 4 is 18.6 Å². The highest BCUT2D eigenvalue weighted by molar-refractivity contribution is 7.80. The van der Waals surface area contributed by atoms with E-state index in [-0.39, 0.29) is 5.97 Å². The first-order chi connectivity index (χ1) is 14.8. The van der Waals surface area contributed by atoms with Crippen LogP contribution in [0.2, 0.25) is 0 Å². The molecule has 30 heavy (non-hydrogen) atoms. The van der Waals surface area contributed by atoms with Crippen molar-refractivity contribution < 1.29 is 9.53 Å². The van der Waals surface area contributed by atoms with Gasteiger partial charge in [-0.15, -0.1) is 0 Å². The third kappa shape index (κ3) is 25.9. The standard InChI is InChI=1S/C27H54O2S/c1-2-3-4-5-6-7-8-9-10-11-12-13-14-15-16-17-18-19-20-21-22-23-25-29-27(28)24-26-30/h30H,2-26H2,1H3. The maximum atomic E-state index is 11.2. The summed E-state index contributed by atoms with van der Waals surface area (Å²) < 4.78 is 5.14. The van der Waals surface area contributed by atoms with Crippen LogP contribution in [-0.4, -0.2) is 18.3 Å². The molecule has 0 aliphatic rings. The Labute approximate surface area is 195 Å². The molecule has 0 aromatic carbocycles. The summed E-state index contributed by atoms with van der Waals surface area (Å²) in [5.74, 6) is 0.478. The first-order valence-electron chi connectivity index (χ1n) is 13.6. The van der Waals surface area contributed by atoms with E-state index in [1.807, 2.05) is 0 Å². The molecule has 0 unspecified atom stereocenters. The average Bonchev–Trinajstić information content (AvgIpc) is 2.74. The van der Waals surface area contributed by atoms with Gasteiger partial charge in [0.25, 0.3) is 0 Å². The number of carbonyl (C=O) groups is 1. The second kappa shape index (κ2) is 26.9. The van der Waals surface area contributed by atoms with E-state index in [2.05, 4.69) is 19.6 Å². The molecule has 0 amide bonds. The van der Waals surface area contributed by atoms with Crippen molar-refractivity contribution in [2.75, 3.05) is 12.4 Å². The Balaban J connectivity index is 3.03. The van der Waals surface area contributed by atoms with Crippen LogP contribution in [0.3, 0.4) is 0 Å². The second-order valence-corrected chi connectivity index (χ2v) is 9.57. The quantitative estimate of drug-likeness (QED) is 0.0865. The molecule has 0 aliphatic heterocycles. The van der Waals surface area contributed by atoms with Crippen LogP contribution in [-0.2, 0) is 9.53 Å². The van der Waals surface area contributed by atoms with Gasteiger partial charge >= 0.3 is 5.97 Å². The number of hydrogen-bond donors (Lipinski definition) is 1. The molecule has 0 aromatic heterocycles. The van der Waals surface area contributed by atoms with Gasteiger partial charge in [0.1, 0.15) is 0 Å². The zero-order chi connectivity index (χ0) is 22.0. The largest absolute Gasteiger partial charge is 0.466 e. The molecular formula is C27H54O2S. The molecule has 0 fully saturated rings. The Morgan fingerprint density at radius 2 is 0.833 bits per heavy atom. The number of thiol groups is 1. The summed E-state index contributed by atoms with van der Waals surface area (Å²) in [5, 5.41) is 0. The summed E-state index contributed by atoms with van der Waals surface area (Å²) in [5.41, 5.74) is 0. The Morgan fingerprint density at radius 1 is 0.533 bits per heavy atom. The van der Waals surface area contributed by atoms with Gasteiger partial charge in [-0.25, -0.2) is 0 Å². The van der Waals surface area contributed by atoms with E-state index >= 15 is 0 Å². The molecule has 0 heterocycles. The Bertz CT molecular complexity index is 333. The highest BCUT2D eigenvalue weighted by atomic mass is 32.1. The summed E-state index contributed by atoms with van der Waals surface area (Å²) in [6.07, 6.45) is 31.2. The average molecular weight is 443 g/mol. The Morgan fingerprint density at radius 3 is 1.13 bits per heavy atom. The summed E-state index contributed by atoms with van der Waals surface area (Å²) in [4.78, 5) is 11.2. The Hall–Kier alpha value is -0.180. The van der Waals surface area contributed by atoms with E-state index in [1.165, 1.54) is 135 Å². The van der Waals surface area contributed by atoms with Crippen LogP contribution >= 0.6 is 12.6 Å². The molecule has 0 rings (SSSR count). The predicted octanol–water partition coefficient (Wildman–Crippen LogP) is 9.45. The van der Waals surface area contributed by atoms with Crippen molar-refractivity contribution in [3.05, 3.63) is 0 Å². The second-order valence-electron chi connectivity index (χ2n) is 9.12. The van der Waals surface area contributed by atoms with Crippen molar-refractivity contribution in [3.8, 4) is 0 Å². The van der Waals surface area contributed by atoms with E-state index in [0.717, 1.165) is 6.42 Å². The summed E-state index contributed by atoms with van der Waals surface area (Å²) >= 11 is 4.03. The normalized spacial score (nSPS) is 11.1. The first kappa shape index (κ1) is 29.8. The van der Waals surface area contributed by atoms with Gasteiger partial charge in [0.05, 0.1) is 13.0 Å². The van der Waals surface area contributed by atoms with Gasteiger partial charge in [-0.2, -0.15) is 12.6 Å². The van der Waals surface area contributed by atoms with Crippen LogP contribution in [0.4, 0.5) is 0 Å². The lowest BCUT2D eigenvalue weighted by Gasteiger charge is -2.05. The van der Waals surface area contributed by atoms with Gasteiger partial charge in [0.15, 0.2) is 0 Å². The minimum Gasteiger partial charge on any atom is -0.466 e. The van der Waals surface area contributed by atoms with Crippen LogP contribution in [0.15, 0.2) is 0 Å². The molecule has 0 bridgehead atoms.